The van der Waals surface area contributed by atoms with Crippen LogP contribution in [0.3, 0.4) is 0 Å². The molecule has 0 saturated carbocycles. The Hall–Kier alpha value is -4.31. The quantitative estimate of drug-likeness (QED) is 0.0513. The maximum Gasteiger partial charge on any atom is 0.407 e. The Kier molecular flexibility index (Phi) is 17.3. The highest BCUT2D eigenvalue weighted by atomic mass is 32.2. The molecule has 48 heavy (non-hydrogen) atoms. The van der Waals surface area contributed by atoms with Crippen LogP contribution < -0.4 is 21.7 Å². The third-order valence-corrected chi connectivity index (χ3v) is 9.49. The molecule has 0 radical (unpaired) electrons. The van der Waals surface area contributed by atoms with Crippen LogP contribution in [0, 0.1) is 0 Å². The molecule has 1 aliphatic heterocycles. The molecule has 0 unspecified atom stereocenters. The Labute approximate surface area is 281 Å². The molecule has 6 N–H and O–H groups in total. The first-order valence-corrected chi connectivity index (χ1v) is 17.5. The van der Waals surface area contributed by atoms with E-state index in [1.807, 2.05) is 0 Å². The van der Waals surface area contributed by atoms with Gasteiger partial charge >= 0.3 is 12.1 Å². The maximum absolute atomic E-state index is 13.3. The van der Waals surface area contributed by atoms with Gasteiger partial charge in [0.05, 0.1) is 16.8 Å². The van der Waals surface area contributed by atoms with Gasteiger partial charge in [0.1, 0.15) is 18.7 Å². The predicted octanol–water partition coefficient (Wildman–Crippen LogP) is 1.87. The zero-order valence-electron chi connectivity index (χ0n) is 27.4. The second-order valence-electron chi connectivity index (χ2n) is 11.4. The molecular weight excluding hydrogens is 644 g/mol. The number of benzene rings is 1. The minimum Gasteiger partial charge on any atom is -0.480 e. The van der Waals surface area contributed by atoms with Crippen LogP contribution in [0.2, 0.25) is 0 Å². The number of ketones is 1. The van der Waals surface area contributed by atoms with Gasteiger partial charge < -0.3 is 31.5 Å². The van der Waals surface area contributed by atoms with Crippen LogP contribution in [0.15, 0.2) is 52.9 Å². The number of alkyl carbamates (subject to hydrolysis) is 1. The normalized spacial score (nSPS) is 16.4. The van der Waals surface area contributed by atoms with Gasteiger partial charge in [-0.25, -0.2) is 18.0 Å². The molecule has 3 amide bonds. The van der Waals surface area contributed by atoms with Gasteiger partial charge in [-0.2, -0.15) is 4.31 Å². The number of carbonyl (C=O) groups excluding carboxylic acids is 4. The molecule has 0 bridgehead atoms. The lowest BCUT2D eigenvalue weighted by atomic mass is 9.99. The zero-order valence-corrected chi connectivity index (χ0v) is 28.2. The first kappa shape index (κ1) is 39.9. The van der Waals surface area contributed by atoms with E-state index in [-0.39, 0.29) is 62.6 Å². The summed E-state index contributed by atoms with van der Waals surface area (Å²) in [6, 6.07) is 4.20. The molecule has 1 aromatic carbocycles. The molecule has 0 aliphatic carbocycles. The molecule has 0 spiro atoms. The summed E-state index contributed by atoms with van der Waals surface area (Å²) < 4.78 is 32.3. The fourth-order valence-electron chi connectivity index (χ4n) is 5.09. The molecule has 266 valence electrons. The predicted molar refractivity (Wildman–Crippen MR) is 179 cm³/mol. The SMILES string of the molecule is C=CCOC(=O)NCCCC[C@H](NC(=O)CCCCN=C(C)N)C(=O)CC[C@H](NC(=O)[C@@H]1CCCN1S(=O)(=O)c1ccccc1)C(=O)O. The van der Waals surface area contributed by atoms with Crippen LogP contribution in [0.25, 0.3) is 0 Å². The lowest BCUT2D eigenvalue weighted by molar-refractivity contribution is -0.142. The highest BCUT2D eigenvalue weighted by Crippen LogP contribution is 2.26. The van der Waals surface area contributed by atoms with Crippen molar-refractivity contribution in [1.82, 2.24) is 20.3 Å². The van der Waals surface area contributed by atoms with Crippen LogP contribution in [0.4, 0.5) is 4.79 Å². The van der Waals surface area contributed by atoms with Crippen molar-refractivity contribution in [3.8, 4) is 0 Å². The van der Waals surface area contributed by atoms with Crippen molar-refractivity contribution < 1.29 is 42.2 Å². The molecule has 1 heterocycles. The molecule has 1 fully saturated rings. The minimum absolute atomic E-state index is 0.0285. The number of nitrogens with two attached hydrogens (primary N) is 1. The molecule has 1 saturated heterocycles. The van der Waals surface area contributed by atoms with Gasteiger partial charge in [-0.05, 0) is 70.4 Å². The summed E-state index contributed by atoms with van der Waals surface area (Å²) in [6.07, 6.45) is 3.41. The number of aliphatic carboxylic acids is 1. The number of nitrogens with zero attached hydrogens (tertiary/aromatic N) is 2. The van der Waals surface area contributed by atoms with Crippen molar-refractivity contribution in [3.05, 3.63) is 43.0 Å². The third-order valence-electron chi connectivity index (χ3n) is 7.57. The van der Waals surface area contributed by atoms with Crippen molar-refractivity contribution in [3.63, 3.8) is 0 Å². The summed E-state index contributed by atoms with van der Waals surface area (Å²) in [7, 11) is -3.99. The number of aliphatic imine (C=N–C) groups is 1. The Morgan fingerprint density at radius 2 is 1.79 bits per heavy atom. The van der Waals surface area contributed by atoms with Gasteiger partial charge in [0, 0.05) is 32.5 Å². The number of amides is 3. The number of hydrogen-bond acceptors (Lipinski definition) is 9. The Morgan fingerprint density at radius 3 is 2.46 bits per heavy atom. The maximum atomic E-state index is 13.3. The topological polar surface area (TPSA) is 227 Å². The lowest BCUT2D eigenvalue weighted by Crippen LogP contribution is -2.51. The second kappa shape index (κ2) is 20.8. The summed E-state index contributed by atoms with van der Waals surface area (Å²) in [6.45, 7) is 6.06. The summed E-state index contributed by atoms with van der Waals surface area (Å²) >= 11 is 0. The zero-order chi connectivity index (χ0) is 35.5. The third kappa shape index (κ3) is 13.8. The van der Waals surface area contributed by atoms with E-state index in [0.717, 1.165) is 4.31 Å². The summed E-state index contributed by atoms with van der Waals surface area (Å²) in [4.78, 5) is 67.0. The number of carboxylic acid groups (broad SMARTS) is 1. The minimum atomic E-state index is -3.99. The Bertz CT molecular complexity index is 1380. The van der Waals surface area contributed by atoms with Crippen molar-refractivity contribution in [2.45, 2.75) is 94.2 Å². The van der Waals surface area contributed by atoms with Crippen molar-refractivity contribution in [2.75, 3.05) is 26.2 Å². The number of sulfonamides is 1. The average Bonchev–Trinajstić information content (AvgIpc) is 3.56. The molecule has 15 nitrogen and oxygen atoms in total. The highest BCUT2D eigenvalue weighted by molar-refractivity contribution is 7.89. The van der Waals surface area contributed by atoms with Crippen LogP contribution >= 0.6 is 0 Å². The fourth-order valence-corrected chi connectivity index (χ4v) is 6.76. The number of carbonyl (C=O) groups is 5. The monoisotopic (exact) mass is 692 g/mol. The number of nitrogens with one attached hydrogen (secondary N) is 3. The highest BCUT2D eigenvalue weighted by Gasteiger charge is 2.40. The average molecular weight is 693 g/mol. The van der Waals surface area contributed by atoms with E-state index in [4.69, 9.17) is 10.5 Å². The van der Waals surface area contributed by atoms with E-state index in [0.29, 0.717) is 44.5 Å². The first-order chi connectivity index (χ1) is 22.9. The van der Waals surface area contributed by atoms with E-state index >= 15 is 0 Å². The summed E-state index contributed by atoms with van der Waals surface area (Å²) in [5, 5.41) is 17.6. The molecule has 16 heteroatoms. The summed E-state index contributed by atoms with van der Waals surface area (Å²) in [5.74, 6) is -2.46. The van der Waals surface area contributed by atoms with Crippen LogP contribution in [-0.2, 0) is 33.9 Å². The summed E-state index contributed by atoms with van der Waals surface area (Å²) in [5.41, 5.74) is 5.52. The number of amidine groups is 1. The van der Waals surface area contributed by atoms with E-state index in [9.17, 15) is 37.5 Å². The second-order valence-corrected chi connectivity index (χ2v) is 13.3. The molecule has 3 atom stereocenters. The Balaban J connectivity index is 2.00. The fraction of sp³-hybridized carbons (Fsp3) is 0.562. The molecule has 2 rings (SSSR count). The number of rotatable bonds is 22. The number of carboxylic acids is 1. The lowest BCUT2D eigenvalue weighted by Gasteiger charge is -2.25. The standard InChI is InChI=1S/C32H48N6O9S/c1-3-22-47-32(44)35-20-9-7-14-25(36-29(40)16-8-10-19-34-23(2)33)28(39)18-17-26(31(42)43)37-30(41)27-15-11-21-38(27)48(45,46)24-12-5-4-6-13-24/h3-6,12-13,25-27H,1,7-11,14-22H2,2H3,(H2,33,34)(H,35,44)(H,36,40)(H,37,41)(H,42,43)/t25-,26-,27-/m0/s1. The molecule has 1 aromatic rings. The van der Waals surface area contributed by atoms with Crippen LogP contribution in [0.5, 0.6) is 0 Å². The number of ether oxygens (including phenoxy) is 1. The Morgan fingerprint density at radius 1 is 1.06 bits per heavy atom. The number of unbranched alkanes of at least 4 members (excludes halogenated alkanes) is 2. The van der Waals surface area contributed by atoms with E-state index in [1.165, 1.54) is 18.2 Å². The van der Waals surface area contributed by atoms with E-state index < -0.39 is 51.9 Å². The van der Waals surface area contributed by atoms with Gasteiger partial charge in [-0.3, -0.25) is 19.4 Å². The number of hydrogen-bond donors (Lipinski definition) is 5. The van der Waals surface area contributed by atoms with E-state index in [2.05, 4.69) is 27.5 Å². The van der Waals surface area contributed by atoms with Gasteiger partial charge in [0.15, 0.2) is 5.78 Å². The van der Waals surface area contributed by atoms with Gasteiger partial charge in [0.25, 0.3) is 0 Å². The number of Topliss-reactive ketones (excluding diaryl/α,β-unsaturated/α-hetero) is 1. The smallest absolute Gasteiger partial charge is 0.407 e. The van der Waals surface area contributed by atoms with Crippen molar-refractivity contribution in [2.24, 2.45) is 10.7 Å². The van der Waals surface area contributed by atoms with Crippen molar-refractivity contribution >= 4 is 45.5 Å². The van der Waals surface area contributed by atoms with Crippen LogP contribution in [-0.4, -0.2) is 97.7 Å². The molecule has 1 aliphatic rings. The largest absolute Gasteiger partial charge is 0.480 e. The first-order valence-electron chi connectivity index (χ1n) is 16.1. The molecule has 0 aromatic heterocycles. The molecular formula is C32H48N6O9S. The van der Waals surface area contributed by atoms with Crippen molar-refractivity contribution in [1.29, 1.82) is 0 Å². The van der Waals surface area contributed by atoms with Gasteiger partial charge in [-0.15, -0.1) is 0 Å². The van der Waals surface area contributed by atoms with Gasteiger partial charge in [-0.1, -0.05) is 30.9 Å². The van der Waals surface area contributed by atoms with E-state index in [1.54, 1.807) is 25.1 Å². The van der Waals surface area contributed by atoms with Crippen LogP contribution in [0.1, 0.15) is 71.1 Å². The van der Waals surface area contributed by atoms with Gasteiger partial charge in [0.2, 0.25) is 21.8 Å².